The van der Waals surface area contributed by atoms with E-state index in [0.717, 1.165) is 12.2 Å². The lowest BCUT2D eigenvalue weighted by Crippen LogP contribution is -1.95. The van der Waals surface area contributed by atoms with Crippen LogP contribution in [0.2, 0.25) is 0 Å². The molecule has 0 radical (unpaired) electrons. The van der Waals surface area contributed by atoms with Gasteiger partial charge in [-0.3, -0.25) is 0 Å². The van der Waals surface area contributed by atoms with E-state index in [0.29, 0.717) is 0 Å². The van der Waals surface area contributed by atoms with E-state index >= 15 is 0 Å². The largest absolute Gasteiger partial charge is 0.129 e. The van der Waals surface area contributed by atoms with Gasteiger partial charge in [-0.25, -0.2) is 0 Å². The minimum Gasteiger partial charge on any atom is -0.129 e. The Bertz CT molecular complexity index is 630. The zero-order chi connectivity index (χ0) is 15.4. The predicted molar refractivity (Wildman–Crippen MR) is 98.0 cm³/mol. The van der Waals surface area contributed by atoms with Crippen molar-refractivity contribution in [2.24, 2.45) is 0 Å². The van der Waals surface area contributed by atoms with Crippen LogP contribution in [0.4, 0.5) is 0 Å². The maximum absolute atomic E-state index is 2.36. The Balaban J connectivity index is 2.02. The summed E-state index contributed by atoms with van der Waals surface area (Å²) in [5, 5.41) is 0. The van der Waals surface area contributed by atoms with Gasteiger partial charge in [0.1, 0.15) is 0 Å². The van der Waals surface area contributed by atoms with Crippen molar-refractivity contribution in [3.63, 3.8) is 0 Å². The highest BCUT2D eigenvalue weighted by atomic mass is 32.2. The van der Waals surface area contributed by atoms with E-state index < -0.39 is 0 Å². The van der Waals surface area contributed by atoms with Crippen LogP contribution in [0.3, 0.4) is 0 Å². The van der Waals surface area contributed by atoms with Crippen molar-refractivity contribution in [1.29, 1.82) is 0 Å². The van der Waals surface area contributed by atoms with Gasteiger partial charge in [0, 0.05) is 15.5 Å². The molecule has 2 heteroatoms. The van der Waals surface area contributed by atoms with Gasteiger partial charge in [0.15, 0.2) is 0 Å². The van der Waals surface area contributed by atoms with E-state index in [9.17, 15) is 0 Å². The zero-order valence-corrected chi connectivity index (χ0v) is 15.3. The molecule has 0 spiro atoms. The molecule has 21 heavy (non-hydrogen) atoms. The molecule has 0 heterocycles. The molecule has 0 aliphatic carbocycles. The van der Waals surface area contributed by atoms with Crippen LogP contribution in [0, 0.1) is 27.7 Å². The minimum absolute atomic E-state index is 1.14. The average molecular weight is 317 g/mol. The molecule has 0 saturated carbocycles. The van der Waals surface area contributed by atoms with Crippen molar-refractivity contribution in [3.8, 4) is 0 Å². The van der Waals surface area contributed by atoms with Gasteiger partial charge >= 0.3 is 0 Å². The van der Waals surface area contributed by atoms with Crippen LogP contribution in [-0.2, 0) is 6.42 Å². The summed E-state index contributed by atoms with van der Waals surface area (Å²) < 4.78 is 0. The topological polar surface area (TPSA) is 0 Å². The molecule has 2 rings (SSSR count). The van der Waals surface area contributed by atoms with Crippen LogP contribution in [0.1, 0.15) is 27.8 Å². The van der Waals surface area contributed by atoms with E-state index in [4.69, 9.17) is 0 Å². The summed E-state index contributed by atoms with van der Waals surface area (Å²) in [6.45, 7) is 8.81. The standard InChI is InChI=1S/C19H24S2/c1-13-6-7-18(15(3)10-13)21-9-8-17-11-16(4)19(20-5)12-14(17)2/h6-7,10-12H,8-9H2,1-5H3. The van der Waals surface area contributed by atoms with Crippen molar-refractivity contribution in [2.45, 2.75) is 43.9 Å². The average Bonchev–Trinajstić information content (AvgIpc) is 2.44. The lowest BCUT2D eigenvalue weighted by atomic mass is 10.0. The van der Waals surface area contributed by atoms with Gasteiger partial charge in [0.05, 0.1) is 0 Å². The molecule has 0 aliphatic heterocycles. The molecular formula is C19H24S2. The SMILES string of the molecule is CSc1cc(C)c(CCSc2ccc(C)cc2C)cc1C. The number of rotatable bonds is 5. The molecule has 0 saturated heterocycles. The van der Waals surface area contributed by atoms with Crippen molar-refractivity contribution >= 4 is 23.5 Å². The van der Waals surface area contributed by atoms with Crippen molar-refractivity contribution in [3.05, 3.63) is 58.1 Å². The second-order valence-corrected chi connectivity index (χ2v) is 7.60. The number of hydrogen-bond donors (Lipinski definition) is 0. The van der Waals surface area contributed by atoms with Crippen LogP contribution in [0.15, 0.2) is 40.1 Å². The van der Waals surface area contributed by atoms with E-state index in [-0.39, 0.29) is 0 Å². The van der Waals surface area contributed by atoms with E-state index in [1.165, 1.54) is 37.6 Å². The molecule has 2 aromatic carbocycles. The quantitative estimate of drug-likeness (QED) is 0.623. The summed E-state index contributed by atoms with van der Waals surface area (Å²) in [4.78, 5) is 2.81. The second kappa shape index (κ2) is 7.42. The summed E-state index contributed by atoms with van der Waals surface area (Å²) >= 11 is 3.81. The highest BCUT2D eigenvalue weighted by molar-refractivity contribution is 7.99. The first-order valence-electron chi connectivity index (χ1n) is 7.35. The molecule has 0 amide bonds. The molecule has 0 aromatic heterocycles. The van der Waals surface area contributed by atoms with Crippen molar-refractivity contribution < 1.29 is 0 Å². The van der Waals surface area contributed by atoms with Crippen LogP contribution >= 0.6 is 23.5 Å². The maximum Gasteiger partial charge on any atom is 0.0101 e. The van der Waals surface area contributed by atoms with E-state index in [1.807, 2.05) is 23.5 Å². The maximum atomic E-state index is 2.36. The Morgan fingerprint density at radius 2 is 1.52 bits per heavy atom. The first kappa shape index (κ1) is 16.5. The molecule has 112 valence electrons. The Morgan fingerprint density at radius 1 is 0.810 bits per heavy atom. The van der Waals surface area contributed by atoms with Crippen LogP contribution in [0.25, 0.3) is 0 Å². The third kappa shape index (κ3) is 4.31. The van der Waals surface area contributed by atoms with Gasteiger partial charge in [-0.1, -0.05) is 23.8 Å². The molecule has 0 aliphatic rings. The summed E-state index contributed by atoms with van der Waals surface area (Å²) in [5.41, 5.74) is 7.05. The van der Waals surface area contributed by atoms with Crippen LogP contribution in [0.5, 0.6) is 0 Å². The fourth-order valence-electron chi connectivity index (χ4n) is 2.57. The number of hydrogen-bond acceptors (Lipinski definition) is 2. The van der Waals surface area contributed by atoms with Gasteiger partial charge in [0.25, 0.3) is 0 Å². The minimum atomic E-state index is 1.14. The zero-order valence-electron chi connectivity index (χ0n) is 13.6. The normalized spacial score (nSPS) is 10.9. The number of aryl methyl sites for hydroxylation is 5. The van der Waals surface area contributed by atoms with Crippen molar-refractivity contribution in [1.82, 2.24) is 0 Å². The van der Waals surface area contributed by atoms with Gasteiger partial charge in [-0.2, -0.15) is 0 Å². The Hall–Kier alpha value is -0.860. The van der Waals surface area contributed by atoms with Gasteiger partial charge in [0.2, 0.25) is 0 Å². The van der Waals surface area contributed by atoms with Crippen LogP contribution < -0.4 is 0 Å². The molecule has 0 bridgehead atoms. The molecule has 0 N–H and O–H groups in total. The van der Waals surface area contributed by atoms with E-state index in [2.05, 4.69) is 64.3 Å². The fraction of sp³-hybridized carbons (Fsp3) is 0.368. The van der Waals surface area contributed by atoms with Gasteiger partial charge in [-0.05, 0) is 74.8 Å². The molecular weight excluding hydrogens is 292 g/mol. The fourth-order valence-corrected chi connectivity index (χ4v) is 4.24. The molecule has 0 nitrogen and oxygen atoms in total. The highest BCUT2D eigenvalue weighted by Gasteiger charge is 2.05. The molecule has 0 atom stereocenters. The van der Waals surface area contributed by atoms with Crippen molar-refractivity contribution in [2.75, 3.05) is 12.0 Å². The summed E-state index contributed by atoms with van der Waals surface area (Å²) in [6, 6.07) is 11.4. The highest BCUT2D eigenvalue weighted by Crippen LogP contribution is 2.27. The van der Waals surface area contributed by atoms with E-state index in [1.54, 1.807) is 0 Å². The third-order valence-corrected chi connectivity index (χ3v) is 5.87. The lowest BCUT2D eigenvalue weighted by Gasteiger charge is -2.11. The summed E-state index contributed by atoms with van der Waals surface area (Å²) in [5.74, 6) is 1.14. The molecule has 2 aromatic rings. The number of thioether (sulfide) groups is 2. The molecule has 0 unspecified atom stereocenters. The predicted octanol–water partition coefficient (Wildman–Crippen LogP) is 5.98. The lowest BCUT2D eigenvalue weighted by molar-refractivity contribution is 1.09. The first-order chi connectivity index (χ1) is 10.0. The van der Waals surface area contributed by atoms with Gasteiger partial charge in [-0.15, -0.1) is 23.5 Å². The molecule has 0 fully saturated rings. The summed E-state index contributed by atoms with van der Waals surface area (Å²) in [6.07, 6.45) is 3.29. The smallest absolute Gasteiger partial charge is 0.0101 e. The third-order valence-electron chi connectivity index (χ3n) is 3.81. The van der Waals surface area contributed by atoms with Gasteiger partial charge < -0.3 is 0 Å². The Kier molecular flexibility index (Phi) is 5.83. The Morgan fingerprint density at radius 3 is 2.19 bits per heavy atom. The second-order valence-electron chi connectivity index (χ2n) is 5.62. The Labute approximate surface area is 137 Å². The first-order valence-corrected chi connectivity index (χ1v) is 9.56. The summed E-state index contributed by atoms with van der Waals surface area (Å²) in [7, 11) is 0. The number of benzene rings is 2. The van der Waals surface area contributed by atoms with Crippen LogP contribution in [-0.4, -0.2) is 12.0 Å². The monoisotopic (exact) mass is 316 g/mol.